The van der Waals surface area contributed by atoms with E-state index < -0.39 is 41.6 Å². The van der Waals surface area contributed by atoms with Crippen molar-refractivity contribution in [3.05, 3.63) is 41.1 Å². The van der Waals surface area contributed by atoms with Gasteiger partial charge in [0, 0.05) is 30.0 Å². The summed E-state index contributed by atoms with van der Waals surface area (Å²) in [6, 6.07) is 3.99. The summed E-state index contributed by atoms with van der Waals surface area (Å²) >= 11 is 0. The van der Waals surface area contributed by atoms with Crippen molar-refractivity contribution < 1.29 is 34.3 Å². The largest absolute Gasteiger partial charge is 0.497 e. The van der Waals surface area contributed by atoms with Gasteiger partial charge in [-0.25, -0.2) is 9.78 Å². The van der Waals surface area contributed by atoms with Gasteiger partial charge in [-0.2, -0.15) is 0 Å². The molecule has 4 aliphatic heterocycles. The number of carbonyl (C=O) groups excluding carboxylic acids is 2. The second-order valence-corrected chi connectivity index (χ2v) is 11.3. The molecule has 0 unspecified atom stereocenters. The van der Waals surface area contributed by atoms with Gasteiger partial charge in [0.05, 0.1) is 24.4 Å². The van der Waals surface area contributed by atoms with Crippen LogP contribution in [0.2, 0.25) is 0 Å². The summed E-state index contributed by atoms with van der Waals surface area (Å²) < 4.78 is 7.38. The van der Waals surface area contributed by atoms with Crippen LogP contribution in [0.25, 0.3) is 10.9 Å². The summed E-state index contributed by atoms with van der Waals surface area (Å²) in [6.45, 7) is 7.95. The van der Waals surface area contributed by atoms with Gasteiger partial charge in [-0.1, -0.05) is 5.57 Å². The summed E-state index contributed by atoms with van der Waals surface area (Å²) in [5.74, 6) is -0.409. The first-order valence-electron chi connectivity index (χ1n) is 12.8. The maximum absolute atomic E-state index is 14.0. The van der Waals surface area contributed by atoms with Gasteiger partial charge in [0.2, 0.25) is 5.91 Å². The average Bonchev–Trinajstić information content (AvgIpc) is 3.46. The molecule has 2 fully saturated rings. The standard InChI is InChI=1S/C27H33N3O7/c1-14(2)11-20-29-18-12-15(35-5)8-9-16(18)21-22(29)19(13-26(3,4)37-36-20)30-24(32)17-7-6-10-28(17)25(33)27(30,34)23(21)31/h8-9,11-12,17,19-20,23,31,34H,6-7,10,13H2,1-5H3/t17-,19+,20+,23-,27-/m0/s1. The number of aliphatic hydroxyl groups is 2. The predicted octanol–water partition coefficient (Wildman–Crippen LogP) is 2.86. The van der Waals surface area contributed by atoms with Gasteiger partial charge in [0.25, 0.3) is 11.6 Å². The van der Waals surface area contributed by atoms with Crippen LogP contribution in [0.4, 0.5) is 0 Å². The number of amides is 2. The molecule has 198 valence electrons. The number of carbonyl (C=O) groups is 2. The average molecular weight is 512 g/mol. The maximum Gasteiger partial charge on any atom is 0.279 e. The SMILES string of the molecule is COc1ccc2c3c4n(c2c1)[C@@H](C=C(C)C)OOC(C)(C)C[C@H]4N1C(=O)[C@@H]2CCCN2C(=O)[C@@]1(O)[C@H]3O. The molecule has 10 nitrogen and oxygen atoms in total. The van der Waals surface area contributed by atoms with Crippen LogP contribution in [0.5, 0.6) is 5.75 Å². The minimum Gasteiger partial charge on any atom is -0.497 e. The second-order valence-electron chi connectivity index (χ2n) is 11.3. The van der Waals surface area contributed by atoms with Crippen LogP contribution in [0, 0.1) is 0 Å². The summed E-state index contributed by atoms with van der Waals surface area (Å²) in [4.78, 5) is 42.4. The summed E-state index contributed by atoms with van der Waals surface area (Å²) in [5, 5.41) is 24.6. The Morgan fingerprint density at radius 2 is 1.97 bits per heavy atom. The number of hydrogen-bond donors (Lipinski definition) is 2. The van der Waals surface area contributed by atoms with Crippen molar-refractivity contribution >= 4 is 22.7 Å². The molecule has 2 aromatic rings. The lowest BCUT2D eigenvalue weighted by atomic mass is 9.79. The third-order valence-electron chi connectivity index (χ3n) is 8.08. The van der Waals surface area contributed by atoms with Gasteiger partial charge in [-0.3, -0.25) is 14.5 Å². The van der Waals surface area contributed by atoms with Crippen molar-refractivity contribution in [2.75, 3.05) is 13.7 Å². The summed E-state index contributed by atoms with van der Waals surface area (Å²) in [7, 11) is 1.57. The molecule has 2 N–H and O–H groups in total. The van der Waals surface area contributed by atoms with Gasteiger partial charge < -0.3 is 24.4 Å². The van der Waals surface area contributed by atoms with E-state index >= 15 is 0 Å². The zero-order valence-electron chi connectivity index (χ0n) is 21.7. The van der Waals surface area contributed by atoms with Crippen LogP contribution in [0.3, 0.4) is 0 Å². The summed E-state index contributed by atoms with van der Waals surface area (Å²) in [5.41, 5.74) is -0.644. The predicted molar refractivity (Wildman–Crippen MR) is 132 cm³/mol. The molecule has 5 atom stereocenters. The fraction of sp³-hybridized carbons (Fsp3) is 0.556. The highest BCUT2D eigenvalue weighted by Gasteiger charge is 2.66. The molecule has 1 aromatic heterocycles. The topological polar surface area (TPSA) is 114 Å². The van der Waals surface area contributed by atoms with E-state index in [4.69, 9.17) is 14.5 Å². The third-order valence-corrected chi connectivity index (χ3v) is 8.08. The highest BCUT2D eigenvalue weighted by atomic mass is 17.2. The molecule has 0 saturated carbocycles. The molecule has 0 spiro atoms. The number of ether oxygens (including phenoxy) is 1. The Bertz CT molecular complexity index is 1340. The molecular weight excluding hydrogens is 478 g/mol. The van der Waals surface area contributed by atoms with E-state index in [1.807, 2.05) is 44.4 Å². The fourth-order valence-corrected chi connectivity index (χ4v) is 6.54. The molecule has 10 heteroatoms. The first-order valence-corrected chi connectivity index (χ1v) is 12.8. The number of benzene rings is 1. The third kappa shape index (κ3) is 3.26. The van der Waals surface area contributed by atoms with Crippen LogP contribution < -0.4 is 4.74 Å². The van der Waals surface area contributed by atoms with E-state index in [1.54, 1.807) is 19.2 Å². The quantitative estimate of drug-likeness (QED) is 0.471. The van der Waals surface area contributed by atoms with Crippen molar-refractivity contribution in [2.45, 2.75) is 82.7 Å². The highest BCUT2D eigenvalue weighted by molar-refractivity contribution is 6.01. The number of piperazine rings is 1. The minimum atomic E-state index is -2.43. The zero-order valence-corrected chi connectivity index (χ0v) is 21.7. The van der Waals surface area contributed by atoms with Crippen LogP contribution in [0.15, 0.2) is 29.8 Å². The lowest BCUT2D eigenvalue weighted by molar-refractivity contribution is -0.390. The maximum atomic E-state index is 14.0. The second kappa shape index (κ2) is 8.04. The number of rotatable bonds is 2. The highest BCUT2D eigenvalue weighted by Crippen LogP contribution is 2.55. The first-order chi connectivity index (χ1) is 17.5. The number of allylic oxidation sites excluding steroid dienone is 1. The normalized spacial score (nSPS) is 32.4. The van der Waals surface area contributed by atoms with Gasteiger partial charge in [0.15, 0.2) is 6.23 Å². The molecular formula is C27H33N3O7. The van der Waals surface area contributed by atoms with Crippen LogP contribution in [0.1, 0.15) is 76.6 Å². The minimum absolute atomic E-state index is 0.232. The van der Waals surface area contributed by atoms with E-state index in [1.165, 1.54) is 9.80 Å². The zero-order chi connectivity index (χ0) is 26.4. The summed E-state index contributed by atoms with van der Waals surface area (Å²) in [6.07, 6.45) is 0.922. The van der Waals surface area contributed by atoms with Gasteiger partial charge in [0.1, 0.15) is 23.5 Å². The van der Waals surface area contributed by atoms with E-state index in [-0.39, 0.29) is 12.3 Å². The van der Waals surface area contributed by atoms with E-state index in [0.717, 1.165) is 5.57 Å². The fourth-order valence-electron chi connectivity index (χ4n) is 6.54. The molecule has 0 radical (unpaired) electrons. The van der Waals surface area contributed by atoms with Crippen LogP contribution >= 0.6 is 0 Å². The number of aromatic nitrogens is 1. The number of hydrogen-bond acceptors (Lipinski definition) is 7. The van der Waals surface area contributed by atoms with Gasteiger partial charge >= 0.3 is 0 Å². The molecule has 6 rings (SSSR count). The smallest absolute Gasteiger partial charge is 0.279 e. The molecule has 4 aliphatic rings. The molecule has 5 heterocycles. The molecule has 2 amide bonds. The Morgan fingerprint density at radius 1 is 1.22 bits per heavy atom. The molecule has 2 saturated heterocycles. The number of fused-ring (bicyclic) bond motifs is 6. The molecule has 37 heavy (non-hydrogen) atoms. The first kappa shape index (κ1) is 24.4. The molecule has 1 aromatic carbocycles. The monoisotopic (exact) mass is 511 g/mol. The van der Waals surface area contributed by atoms with Crippen molar-refractivity contribution in [3.63, 3.8) is 0 Å². The van der Waals surface area contributed by atoms with E-state index in [2.05, 4.69) is 0 Å². The van der Waals surface area contributed by atoms with Gasteiger partial charge in [-0.05, 0) is 58.7 Å². The van der Waals surface area contributed by atoms with Crippen molar-refractivity contribution in [1.29, 1.82) is 0 Å². The molecule has 0 aliphatic carbocycles. The number of nitrogens with zero attached hydrogens (tertiary/aromatic N) is 3. The molecule has 0 bridgehead atoms. The lowest BCUT2D eigenvalue weighted by Crippen LogP contribution is -2.74. The Labute approximate surface area is 214 Å². The number of aliphatic hydroxyl groups excluding tert-OH is 1. The Hall–Kier alpha value is -2.92. The Balaban J connectivity index is 1.71. The van der Waals surface area contributed by atoms with Crippen molar-refractivity contribution in [2.24, 2.45) is 0 Å². The lowest BCUT2D eigenvalue weighted by Gasteiger charge is -2.56. The van der Waals surface area contributed by atoms with Gasteiger partial charge in [-0.15, -0.1) is 0 Å². The number of methoxy groups -OCH3 is 1. The Morgan fingerprint density at radius 3 is 2.68 bits per heavy atom. The van der Waals surface area contributed by atoms with Crippen molar-refractivity contribution in [1.82, 2.24) is 14.4 Å². The van der Waals surface area contributed by atoms with E-state index in [0.29, 0.717) is 47.3 Å². The van der Waals surface area contributed by atoms with Crippen molar-refractivity contribution in [3.8, 4) is 5.75 Å². The van der Waals surface area contributed by atoms with Crippen LogP contribution in [-0.2, 0) is 19.4 Å². The van der Waals surface area contributed by atoms with E-state index in [9.17, 15) is 19.8 Å². The van der Waals surface area contributed by atoms with Crippen LogP contribution in [-0.4, -0.2) is 67.4 Å². The Kier molecular flexibility index (Phi) is 5.30.